The molecule has 3 rings (SSSR count). The molecule has 1 aromatic rings. The summed E-state index contributed by atoms with van der Waals surface area (Å²) in [4.78, 5) is 2.64. The molecule has 2 aliphatic rings. The van der Waals surface area contributed by atoms with Gasteiger partial charge in [0.25, 0.3) is 0 Å². The average molecular weight is 202 g/mol. The summed E-state index contributed by atoms with van der Waals surface area (Å²) in [7, 11) is 0. The molecule has 15 heavy (non-hydrogen) atoms. The number of rotatable bonds is 1. The normalized spacial score (nSPS) is 25.7. The number of likely N-dealkylation sites (tertiary alicyclic amines) is 1. The second kappa shape index (κ2) is 3.53. The van der Waals surface area contributed by atoms with Crippen molar-refractivity contribution >= 4 is 5.69 Å². The third kappa shape index (κ3) is 1.53. The third-order valence-electron chi connectivity index (χ3n) is 3.86. The monoisotopic (exact) mass is 202 g/mol. The Kier molecular flexibility index (Phi) is 2.17. The summed E-state index contributed by atoms with van der Waals surface area (Å²) < 4.78 is 0. The molecule has 2 heteroatoms. The lowest BCUT2D eigenvalue weighted by molar-refractivity contribution is 0.250. The van der Waals surface area contributed by atoms with Crippen molar-refractivity contribution in [2.75, 3.05) is 18.8 Å². The number of anilines is 1. The molecular formula is C13H18N2. The number of fused-ring (bicyclic) bond motifs is 1. The molecular weight excluding hydrogens is 184 g/mol. The van der Waals surface area contributed by atoms with Crippen molar-refractivity contribution in [1.82, 2.24) is 4.90 Å². The number of nitrogen functional groups attached to an aromatic ring is 1. The van der Waals surface area contributed by atoms with Crippen LogP contribution in [0.4, 0.5) is 5.69 Å². The Morgan fingerprint density at radius 1 is 1.13 bits per heavy atom. The van der Waals surface area contributed by atoms with Crippen LogP contribution in [0.1, 0.15) is 24.0 Å². The van der Waals surface area contributed by atoms with E-state index in [9.17, 15) is 0 Å². The van der Waals surface area contributed by atoms with Crippen LogP contribution >= 0.6 is 0 Å². The highest BCUT2D eigenvalue weighted by Crippen LogP contribution is 2.31. The standard InChI is InChI=1S/C13H18N2/c14-13-5-3-4-10-8-11(9-12(10)13)15-6-1-2-7-15/h3-5,11H,1-2,6-9,14H2. The molecule has 0 aromatic heterocycles. The quantitative estimate of drug-likeness (QED) is 0.704. The van der Waals surface area contributed by atoms with Crippen molar-refractivity contribution in [1.29, 1.82) is 0 Å². The van der Waals surface area contributed by atoms with Crippen LogP contribution in [0, 0.1) is 0 Å². The molecule has 2 nitrogen and oxygen atoms in total. The third-order valence-corrected chi connectivity index (χ3v) is 3.86. The van der Waals surface area contributed by atoms with Gasteiger partial charge in [-0.3, -0.25) is 4.90 Å². The first kappa shape index (κ1) is 9.22. The van der Waals surface area contributed by atoms with E-state index in [4.69, 9.17) is 5.73 Å². The van der Waals surface area contributed by atoms with Gasteiger partial charge in [-0.1, -0.05) is 12.1 Å². The average Bonchev–Trinajstić information content (AvgIpc) is 2.86. The summed E-state index contributed by atoms with van der Waals surface area (Å²) in [5, 5.41) is 0. The molecule has 0 radical (unpaired) electrons. The summed E-state index contributed by atoms with van der Waals surface area (Å²) in [5.41, 5.74) is 9.90. The Balaban J connectivity index is 1.82. The second-order valence-corrected chi connectivity index (χ2v) is 4.79. The largest absolute Gasteiger partial charge is 0.398 e. The zero-order valence-electron chi connectivity index (χ0n) is 9.08. The van der Waals surface area contributed by atoms with E-state index in [1.54, 1.807) is 0 Å². The van der Waals surface area contributed by atoms with Gasteiger partial charge in [-0.2, -0.15) is 0 Å². The van der Waals surface area contributed by atoms with Gasteiger partial charge in [0.1, 0.15) is 0 Å². The van der Waals surface area contributed by atoms with E-state index in [0.717, 1.165) is 11.7 Å². The van der Waals surface area contributed by atoms with Gasteiger partial charge in [-0.05, 0) is 56.0 Å². The molecule has 1 fully saturated rings. The highest BCUT2D eigenvalue weighted by atomic mass is 15.2. The molecule has 1 atom stereocenters. The minimum Gasteiger partial charge on any atom is -0.398 e. The van der Waals surface area contributed by atoms with Gasteiger partial charge in [-0.25, -0.2) is 0 Å². The predicted molar refractivity (Wildman–Crippen MR) is 62.9 cm³/mol. The van der Waals surface area contributed by atoms with E-state index in [1.807, 2.05) is 6.07 Å². The Labute approximate surface area is 91.1 Å². The summed E-state index contributed by atoms with van der Waals surface area (Å²) in [5.74, 6) is 0. The lowest BCUT2D eigenvalue weighted by atomic mass is 10.1. The number of nitrogens with zero attached hydrogens (tertiary/aromatic N) is 1. The van der Waals surface area contributed by atoms with Gasteiger partial charge < -0.3 is 5.73 Å². The molecule has 1 heterocycles. The Morgan fingerprint density at radius 2 is 1.93 bits per heavy atom. The summed E-state index contributed by atoms with van der Waals surface area (Å²) in [6.07, 6.45) is 5.13. The fourth-order valence-electron chi connectivity index (χ4n) is 3.02. The van der Waals surface area contributed by atoms with E-state index < -0.39 is 0 Å². The maximum Gasteiger partial charge on any atom is 0.0349 e. The molecule has 80 valence electrons. The topological polar surface area (TPSA) is 29.3 Å². The maximum absolute atomic E-state index is 6.01. The van der Waals surface area contributed by atoms with Crippen molar-refractivity contribution < 1.29 is 0 Å². The minimum absolute atomic E-state index is 0.729. The zero-order valence-corrected chi connectivity index (χ0v) is 9.08. The minimum atomic E-state index is 0.729. The Hall–Kier alpha value is -1.02. The summed E-state index contributed by atoms with van der Waals surface area (Å²) in [6, 6.07) is 7.08. The molecule has 1 aliphatic carbocycles. The number of nitrogens with two attached hydrogens (primary N) is 1. The second-order valence-electron chi connectivity index (χ2n) is 4.79. The molecule has 0 bridgehead atoms. The number of hydrogen-bond donors (Lipinski definition) is 1. The van der Waals surface area contributed by atoms with E-state index in [0.29, 0.717) is 0 Å². The zero-order chi connectivity index (χ0) is 10.3. The SMILES string of the molecule is Nc1cccc2c1CC(N1CCCC1)C2. The van der Waals surface area contributed by atoms with Crippen LogP contribution in [0.5, 0.6) is 0 Å². The molecule has 0 amide bonds. The summed E-state index contributed by atoms with van der Waals surface area (Å²) in [6.45, 7) is 2.58. The van der Waals surface area contributed by atoms with E-state index in [2.05, 4.69) is 17.0 Å². The maximum atomic E-state index is 6.01. The highest BCUT2D eigenvalue weighted by Gasteiger charge is 2.29. The van der Waals surface area contributed by atoms with E-state index in [-0.39, 0.29) is 0 Å². The molecule has 1 unspecified atom stereocenters. The molecule has 0 spiro atoms. The lowest BCUT2D eigenvalue weighted by Gasteiger charge is -2.22. The molecule has 1 aliphatic heterocycles. The van der Waals surface area contributed by atoms with Gasteiger partial charge in [0.2, 0.25) is 0 Å². The van der Waals surface area contributed by atoms with Crippen molar-refractivity contribution in [2.45, 2.75) is 31.7 Å². The molecule has 2 N–H and O–H groups in total. The van der Waals surface area contributed by atoms with Crippen molar-refractivity contribution in [3.8, 4) is 0 Å². The first-order chi connectivity index (χ1) is 7.34. The van der Waals surface area contributed by atoms with Gasteiger partial charge >= 0.3 is 0 Å². The van der Waals surface area contributed by atoms with Crippen LogP contribution in [-0.4, -0.2) is 24.0 Å². The van der Waals surface area contributed by atoms with Crippen LogP contribution in [-0.2, 0) is 12.8 Å². The molecule has 1 saturated heterocycles. The van der Waals surface area contributed by atoms with Crippen LogP contribution < -0.4 is 5.73 Å². The van der Waals surface area contributed by atoms with E-state index >= 15 is 0 Å². The number of hydrogen-bond acceptors (Lipinski definition) is 2. The first-order valence-electron chi connectivity index (χ1n) is 5.95. The van der Waals surface area contributed by atoms with Crippen LogP contribution in [0.25, 0.3) is 0 Å². The Bertz CT molecular complexity index is 367. The van der Waals surface area contributed by atoms with Gasteiger partial charge in [0.05, 0.1) is 0 Å². The van der Waals surface area contributed by atoms with Gasteiger partial charge in [-0.15, -0.1) is 0 Å². The predicted octanol–water partition coefficient (Wildman–Crippen LogP) is 1.83. The van der Waals surface area contributed by atoms with Crippen molar-refractivity contribution in [3.05, 3.63) is 29.3 Å². The van der Waals surface area contributed by atoms with Crippen LogP contribution in [0.15, 0.2) is 18.2 Å². The van der Waals surface area contributed by atoms with Crippen molar-refractivity contribution in [3.63, 3.8) is 0 Å². The van der Waals surface area contributed by atoms with Crippen molar-refractivity contribution in [2.24, 2.45) is 0 Å². The van der Waals surface area contributed by atoms with Crippen LogP contribution in [0.3, 0.4) is 0 Å². The summed E-state index contributed by atoms with van der Waals surface area (Å²) >= 11 is 0. The number of benzene rings is 1. The van der Waals surface area contributed by atoms with Gasteiger partial charge in [0.15, 0.2) is 0 Å². The fourth-order valence-corrected chi connectivity index (χ4v) is 3.02. The molecule has 1 aromatic carbocycles. The van der Waals surface area contributed by atoms with Gasteiger partial charge in [0, 0.05) is 11.7 Å². The van der Waals surface area contributed by atoms with Crippen LogP contribution in [0.2, 0.25) is 0 Å². The molecule has 0 saturated carbocycles. The highest BCUT2D eigenvalue weighted by molar-refractivity contribution is 5.53. The Morgan fingerprint density at radius 3 is 2.67 bits per heavy atom. The lowest BCUT2D eigenvalue weighted by Crippen LogP contribution is -2.33. The fraction of sp³-hybridized carbons (Fsp3) is 0.538. The smallest absolute Gasteiger partial charge is 0.0349 e. The van der Waals surface area contributed by atoms with E-state index in [1.165, 1.54) is 49.9 Å². The first-order valence-corrected chi connectivity index (χ1v) is 5.95.